The van der Waals surface area contributed by atoms with Crippen LogP contribution in [0.25, 0.3) is 11.3 Å². The summed E-state index contributed by atoms with van der Waals surface area (Å²) in [6.07, 6.45) is 3.24. The molecule has 1 aliphatic heterocycles. The summed E-state index contributed by atoms with van der Waals surface area (Å²) in [5.74, 6) is 0.449. The number of oxazole rings is 1. The molecule has 1 fully saturated rings. The monoisotopic (exact) mass is 413 g/mol. The lowest BCUT2D eigenvalue weighted by Gasteiger charge is -2.34. The maximum Gasteiger partial charge on any atom is 0.242 e. The number of rotatable bonds is 5. The van der Waals surface area contributed by atoms with Gasteiger partial charge in [-0.15, -0.1) is 12.4 Å². The topological polar surface area (TPSA) is 101 Å². The maximum absolute atomic E-state index is 12.8. The first-order valence-corrected chi connectivity index (χ1v) is 10.4. The molecular weight excluding hydrogens is 390 g/mol. The highest BCUT2D eigenvalue weighted by Crippen LogP contribution is 2.29. The summed E-state index contributed by atoms with van der Waals surface area (Å²) in [4.78, 5) is 17.1. The Kier molecular flexibility index (Phi) is 6.67. The smallest absolute Gasteiger partial charge is 0.242 e. The second-order valence-corrected chi connectivity index (χ2v) is 8.97. The van der Waals surface area contributed by atoms with Crippen molar-refractivity contribution in [3.05, 3.63) is 42.4 Å². The van der Waals surface area contributed by atoms with Gasteiger partial charge < -0.3 is 15.1 Å². The van der Waals surface area contributed by atoms with Crippen LogP contribution in [0, 0.1) is 0 Å². The van der Waals surface area contributed by atoms with Crippen LogP contribution in [0.3, 0.4) is 0 Å². The molecule has 0 saturated carbocycles. The first-order valence-electron chi connectivity index (χ1n) is 8.56. The third kappa shape index (κ3) is 4.34. The molecule has 3 rings (SSSR count). The number of benzene rings is 1. The van der Waals surface area contributed by atoms with Crippen molar-refractivity contribution >= 4 is 28.2 Å². The summed E-state index contributed by atoms with van der Waals surface area (Å²) >= 11 is 0. The Balaban J connectivity index is 0.00000261. The van der Waals surface area contributed by atoms with E-state index in [0.29, 0.717) is 24.7 Å². The van der Waals surface area contributed by atoms with Gasteiger partial charge >= 0.3 is 0 Å². The second-order valence-electron chi connectivity index (χ2n) is 6.64. The summed E-state index contributed by atoms with van der Waals surface area (Å²) in [6, 6.07) is 8.98. The number of nitrogens with zero attached hydrogens (tertiary/aromatic N) is 1. The fourth-order valence-corrected chi connectivity index (χ4v) is 4.55. The van der Waals surface area contributed by atoms with Gasteiger partial charge in [0, 0.05) is 11.8 Å². The van der Waals surface area contributed by atoms with E-state index in [2.05, 4.69) is 15.6 Å². The minimum absolute atomic E-state index is 0. The highest BCUT2D eigenvalue weighted by atomic mass is 35.5. The minimum atomic E-state index is -3.56. The van der Waals surface area contributed by atoms with Crippen LogP contribution < -0.4 is 10.6 Å². The highest BCUT2D eigenvalue weighted by molar-refractivity contribution is 7.92. The van der Waals surface area contributed by atoms with Crippen LogP contribution in [0.5, 0.6) is 0 Å². The Morgan fingerprint density at radius 1 is 1.26 bits per heavy atom. The van der Waals surface area contributed by atoms with E-state index < -0.39 is 26.5 Å². The number of sulfone groups is 1. The quantitative estimate of drug-likeness (QED) is 0.778. The van der Waals surface area contributed by atoms with Crippen LogP contribution in [0.15, 0.2) is 40.9 Å². The van der Waals surface area contributed by atoms with Gasteiger partial charge in [-0.1, -0.05) is 30.3 Å². The largest absolute Gasteiger partial charge is 0.438 e. The molecule has 2 N–H and O–H groups in total. The molecule has 1 saturated heterocycles. The van der Waals surface area contributed by atoms with Crippen LogP contribution in [0.2, 0.25) is 0 Å². The molecule has 9 heteroatoms. The zero-order valence-electron chi connectivity index (χ0n) is 15.3. The third-order valence-electron chi connectivity index (χ3n) is 4.83. The van der Waals surface area contributed by atoms with E-state index in [4.69, 9.17) is 4.42 Å². The van der Waals surface area contributed by atoms with Crippen molar-refractivity contribution in [1.82, 2.24) is 15.6 Å². The van der Waals surface area contributed by atoms with E-state index in [0.717, 1.165) is 11.8 Å². The number of piperidine rings is 1. The number of aromatic nitrogens is 1. The van der Waals surface area contributed by atoms with Gasteiger partial charge in [-0.05, 0) is 32.9 Å². The number of carbonyl (C=O) groups is 1. The second kappa shape index (κ2) is 8.41. The van der Waals surface area contributed by atoms with E-state index in [9.17, 15) is 13.2 Å². The summed E-state index contributed by atoms with van der Waals surface area (Å²) < 4.78 is 29.0. The Morgan fingerprint density at radius 3 is 2.48 bits per heavy atom. The zero-order chi connectivity index (χ0) is 18.8. The molecule has 1 aromatic carbocycles. The zero-order valence-corrected chi connectivity index (χ0v) is 16.9. The molecule has 1 aliphatic rings. The fourth-order valence-electron chi connectivity index (χ4n) is 3.21. The number of nitrogens with one attached hydrogen (secondary N) is 2. The number of carbonyl (C=O) groups excluding carboxylic acids is 1. The van der Waals surface area contributed by atoms with Crippen molar-refractivity contribution in [3.63, 3.8) is 0 Å². The molecule has 148 valence electrons. The van der Waals surface area contributed by atoms with Gasteiger partial charge in [-0.2, -0.15) is 0 Å². The van der Waals surface area contributed by atoms with Crippen LogP contribution in [-0.4, -0.2) is 43.4 Å². The number of halogens is 1. The number of hydrogen-bond acceptors (Lipinski definition) is 6. The number of hydrogen-bond donors (Lipinski definition) is 2. The standard InChI is InChI=1S/C18H23N3O4S.ClH/c1-13(16-20-12-15(25-16)14-6-4-3-5-7-14)21-17(22)18(26(2,23)24)8-10-19-11-9-18;/h3-7,12-13,19H,8-11H2,1-2H3,(H,21,22);1H. The molecule has 2 heterocycles. The summed E-state index contributed by atoms with van der Waals surface area (Å²) in [5, 5.41) is 5.87. The fraction of sp³-hybridized carbons (Fsp3) is 0.444. The molecule has 1 amide bonds. The highest BCUT2D eigenvalue weighted by Gasteiger charge is 2.49. The first kappa shape index (κ1) is 21.4. The van der Waals surface area contributed by atoms with Crippen molar-refractivity contribution in [2.75, 3.05) is 19.3 Å². The SMILES string of the molecule is CC(NC(=O)C1(S(C)(=O)=O)CCNCC1)c1ncc(-c2ccccc2)o1.Cl. The first-order chi connectivity index (χ1) is 12.3. The third-order valence-corrected chi connectivity index (χ3v) is 6.85. The average Bonchev–Trinajstić information content (AvgIpc) is 3.12. The normalized spacial score (nSPS) is 17.6. The van der Waals surface area contributed by atoms with Crippen LogP contribution in [-0.2, 0) is 14.6 Å². The minimum Gasteiger partial charge on any atom is -0.438 e. The lowest BCUT2D eigenvalue weighted by Crippen LogP contribution is -2.57. The van der Waals surface area contributed by atoms with E-state index in [-0.39, 0.29) is 25.2 Å². The van der Waals surface area contributed by atoms with Gasteiger partial charge in [-0.3, -0.25) is 4.79 Å². The van der Waals surface area contributed by atoms with E-state index in [1.165, 1.54) is 0 Å². The predicted molar refractivity (Wildman–Crippen MR) is 105 cm³/mol. The summed E-state index contributed by atoms with van der Waals surface area (Å²) in [7, 11) is -3.56. The van der Waals surface area contributed by atoms with Crippen molar-refractivity contribution in [2.24, 2.45) is 0 Å². The molecule has 2 aromatic rings. The molecule has 27 heavy (non-hydrogen) atoms. The van der Waals surface area contributed by atoms with Crippen molar-refractivity contribution in [2.45, 2.75) is 30.6 Å². The lowest BCUT2D eigenvalue weighted by molar-refractivity contribution is -0.125. The maximum atomic E-state index is 12.8. The van der Waals surface area contributed by atoms with Gasteiger partial charge in [0.2, 0.25) is 11.8 Å². The Labute approximate surface area is 165 Å². The van der Waals surface area contributed by atoms with Crippen LogP contribution in [0.4, 0.5) is 0 Å². The van der Waals surface area contributed by atoms with Gasteiger partial charge in [-0.25, -0.2) is 13.4 Å². The van der Waals surface area contributed by atoms with Gasteiger partial charge in [0.1, 0.15) is 6.04 Å². The molecule has 1 aromatic heterocycles. The Bertz CT molecular complexity index is 877. The molecule has 0 radical (unpaired) electrons. The molecule has 0 bridgehead atoms. The molecular formula is C18H24ClN3O4S. The predicted octanol–water partition coefficient (Wildman–Crippen LogP) is 2.11. The van der Waals surface area contributed by atoms with Gasteiger partial charge in [0.05, 0.1) is 6.20 Å². The lowest BCUT2D eigenvalue weighted by atomic mass is 9.95. The molecule has 1 atom stereocenters. The van der Waals surface area contributed by atoms with E-state index >= 15 is 0 Å². The number of amides is 1. The Hall–Kier alpha value is -1.90. The molecule has 7 nitrogen and oxygen atoms in total. The van der Waals surface area contributed by atoms with Gasteiger partial charge in [0.25, 0.3) is 0 Å². The average molecular weight is 414 g/mol. The summed E-state index contributed by atoms with van der Waals surface area (Å²) in [5.41, 5.74) is 0.885. The summed E-state index contributed by atoms with van der Waals surface area (Å²) in [6.45, 7) is 2.72. The molecule has 0 spiro atoms. The van der Waals surface area contributed by atoms with Gasteiger partial charge in [0.15, 0.2) is 20.3 Å². The van der Waals surface area contributed by atoms with Crippen molar-refractivity contribution in [3.8, 4) is 11.3 Å². The Morgan fingerprint density at radius 2 is 1.89 bits per heavy atom. The van der Waals surface area contributed by atoms with Crippen molar-refractivity contribution < 1.29 is 17.6 Å². The molecule has 0 aliphatic carbocycles. The van der Waals surface area contributed by atoms with Crippen molar-refractivity contribution in [1.29, 1.82) is 0 Å². The molecule has 1 unspecified atom stereocenters. The van der Waals surface area contributed by atoms with Crippen LogP contribution in [0.1, 0.15) is 31.7 Å². The van der Waals surface area contributed by atoms with Crippen LogP contribution >= 0.6 is 12.4 Å². The van der Waals surface area contributed by atoms with E-state index in [1.54, 1.807) is 13.1 Å². The van der Waals surface area contributed by atoms with E-state index in [1.807, 2.05) is 30.3 Å².